The van der Waals surface area contributed by atoms with Gasteiger partial charge in [-0.3, -0.25) is 0 Å². The monoisotopic (exact) mass is 247 g/mol. The van der Waals surface area contributed by atoms with Gasteiger partial charge in [0.25, 0.3) is 0 Å². The molecular formula is C15H21NO2. The zero-order chi connectivity index (χ0) is 13.1. The summed E-state index contributed by atoms with van der Waals surface area (Å²) in [6.45, 7) is 4.40. The lowest BCUT2D eigenvalue weighted by Crippen LogP contribution is -2.34. The number of nitrogens with one attached hydrogen (secondary N) is 1. The number of hydrogen-bond acceptors (Lipinski definition) is 2. The minimum Gasteiger partial charge on any atom is -0.446 e. The fraction of sp³-hybridized carbons (Fsp3) is 0.533. The van der Waals surface area contributed by atoms with Crippen LogP contribution in [0.5, 0.6) is 0 Å². The number of rotatable bonds is 3. The molecule has 1 saturated carbocycles. The molecule has 0 aromatic heterocycles. The van der Waals surface area contributed by atoms with Gasteiger partial charge in [-0.1, -0.05) is 38.1 Å². The molecule has 0 radical (unpaired) electrons. The van der Waals surface area contributed by atoms with Crippen LogP contribution in [0.15, 0.2) is 24.3 Å². The highest BCUT2D eigenvalue weighted by Crippen LogP contribution is 2.39. The summed E-state index contributed by atoms with van der Waals surface area (Å²) in [6, 6.07) is 8.81. The summed E-state index contributed by atoms with van der Waals surface area (Å²) in [5.41, 5.74) is 2.73. The number of carbonyl (C=O) groups is 1. The first-order valence-electron chi connectivity index (χ1n) is 6.58. The lowest BCUT2D eigenvalue weighted by atomic mass is 9.77. The van der Waals surface area contributed by atoms with Crippen molar-refractivity contribution in [3.63, 3.8) is 0 Å². The van der Waals surface area contributed by atoms with Gasteiger partial charge in [0.1, 0.15) is 6.10 Å². The summed E-state index contributed by atoms with van der Waals surface area (Å²) >= 11 is 0. The molecule has 1 aliphatic carbocycles. The molecule has 3 heteroatoms. The van der Waals surface area contributed by atoms with E-state index in [-0.39, 0.29) is 12.2 Å². The molecule has 0 aliphatic heterocycles. The maximum absolute atomic E-state index is 11.0. The lowest BCUT2D eigenvalue weighted by Gasteiger charge is -2.34. The third-order valence-electron chi connectivity index (χ3n) is 3.65. The summed E-state index contributed by atoms with van der Waals surface area (Å²) < 4.78 is 5.20. The average Bonchev–Trinajstić information content (AvgIpc) is 2.33. The molecule has 0 spiro atoms. The molecule has 1 amide bonds. The minimum absolute atomic E-state index is 0.0831. The van der Waals surface area contributed by atoms with E-state index < -0.39 is 0 Å². The molecule has 1 aromatic rings. The molecule has 1 N–H and O–H groups in total. The molecule has 1 aliphatic rings. The Morgan fingerprint density at radius 2 is 1.89 bits per heavy atom. The summed E-state index contributed by atoms with van der Waals surface area (Å²) in [5, 5.41) is 2.48. The predicted molar refractivity (Wildman–Crippen MR) is 71.8 cm³/mol. The second-order valence-electron chi connectivity index (χ2n) is 5.27. The normalized spacial score (nSPS) is 22.4. The van der Waals surface area contributed by atoms with Gasteiger partial charge in [-0.2, -0.15) is 0 Å². The summed E-state index contributed by atoms with van der Waals surface area (Å²) in [6.07, 6.45) is 1.64. The van der Waals surface area contributed by atoms with E-state index in [0.29, 0.717) is 11.8 Å². The quantitative estimate of drug-likeness (QED) is 0.888. The van der Waals surface area contributed by atoms with Gasteiger partial charge in [-0.25, -0.2) is 4.79 Å². The molecule has 0 atom stereocenters. The van der Waals surface area contributed by atoms with Crippen molar-refractivity contribution in [1.29, 1.82) is 0 Å². The maximum Gasteiger partial charge on any atom is 0.407 e. The van der Waals surface area contributed by atoms with Crippen LogP contribution in [0.4, 0.5) is 4.79 Å². The molecular weight excluding hydrogens is 226 g/mol. The van der Waals surface area contributed by atoms with Crippen molar-refractivity contribution >= 4 is 6.09 Å². The molecule has 0 unspecified atom stereocenters. The Balaban J connectivity index is 1.86. The van der Waals surface area contributed by atoms with Crippen LogP contribution in [0.25, 0.3) is 0 Å². The first kappa shape index (κ1) is 12.9. The second-order valence-corrected chi connectivity index (χ2v) is 5.27. The van der Waals surface area contributed by atoms with Crippen molar-refractivity contribution in [3.05, 3.63) is 35.4 Å². The molecule has 3 nitrogen and oxygen atoms in total. The molecule has 0 heterocycles. The maximum atomic E-state index is 11.0. The number of carbonyl (C=O) groups excluding carboxylic acids is 1. The van der Waals surface area contributed by atoms with Gasteiger partial charge in [0.05, 0.1) is 0 Å². The lowest BCUT2D eigenvalue weighted by molar-refractivity contribution is 0.0407. The SMILES string of the molecule is CNC(=O)OC1CC(c2ccc(C(C)C)cc2)C1. The molecule has 18 heavy (non-hydrogen) atoms. The van der Waals surface area contributed by atoms with E-state index in [4.69, 9.17) is 4.74 Å². The second kappa shape index (κ2) is 5.42. The number of hydrogen-bond donors (Lipinski definition) is 1. The third-order valence-corrected chi connectivity index (χ3v) is 3.65. The standard InChI is InChI=1S/C15H21NO2/c1-10(2)11-4-6-12(7-5-11)13-8-14(9-13)18-15(17)16-3/h4-7,10,13-14H,8-9H2,1-3H3,(H,16,17). The Morgan fingerprint density at radius 3 is 2.39 bits per heavy atom. The van der Waals surface area contributed by atoms with E-state index in [2.05, 4.69) is 43.4 Å². The smallest absolute Gasteiger partial charge is 0.407 e. The highest BCUT2D eigenvalue weighted by Gasteiger charge is 2.32. The number of amides is 1. The van der Waals surface area contributed by atoms with E-state index >= 15 is 0 Å². The van der Waals surface area contributed by atoms with E-state index in [1.54, 1.807) is 7.05 Å². The topological polar surface area (TPSA) is 38.3 Å². The van der Waals surface area contributed by atoms with E-state index in [0.717, 1.165) is 12.8 Å². The molecule has 1 fully saturated rings. The van der Waals surface area contributed by atoms with Crippen LogP contribution in [-0.2, 0) is 4.74 Å². The zero-order valence-electron chi connectivity index (χ0n) is 11.3. The van der Waals surface area contributed by atoms with Crippen molar-refractivity contribution in [2.45, 2.75) is 44.6 Å². The van der Waals surface area contributed by atoms with Gasteiger partial charge in [0.2, 0.25) is 0 Å². The summed E-state index contributed by atoms with van der Waals surface area (Å²) in [5.74, 6) is 1.12. The molecule has 0 saturated heterocycles. The Bertz CT molecular complexity index is 405. The zero-order valence-corrected chi connectivity index (χ0v) is 11.3. The summed E-state index contributed by atoms with van der Waals surface area (Å²) in [7, 11) is 1.59. The summed E-state index contributed by atoms with van der Waals surface area (Å²) in [4.78, 5) is 11.0. The van der Waals surface area contributed by atoms with Crippen LogP contribution >= 0.6 is 0 Å². The molecule has 98 valence electrons. The molecule has 0 bridgehead atoms. The van der Waals surface area contributed by atoms with Gasteiger partial charge in [-0.05, 0) is 35.8 Å². The van der Waals surface area contributed by atoms with Crippen molar-refractivity contribution in [3.8, 4) is 0 Å². The van der Waals surface area contributed by atoms with Crippen molar-refractivity contribution < 1.29 is 9.53 Å². The third kappa shape index (κ3) is 2.84. The van der Waals surface area contributed by atoms with E-state index in [9.17, 15) is 4.79 Å². The van der Waals surface area contributed by atoms with E-state index in [1.165, 1.54) is 11.1 Å². The largest absolute Gasteiger partial charge is 0.446 e. The minimum atomic E-state index is -0.325. The van der Waals surface area contributed by atoms with Gasteiger partial charge in [-0.15, -0.1) is 0 Å². The molecule has 2 rings (SSSR count). The van der Waals surface area contributed by atoms with E-state index in [1.807, 2.05) is 0 Å². The Morgan fingerprint density at radius 1 is 1.28 bits per heavy atom. The fourth-order valence-electron chi connectivity index (χ4n) is 2.30. The van der Waals surface area contributed by atoms with Gasteiger partial charge in [0, 0.05) is 7.05 Å². The predicted octanol–water partition coefficient (Wildman–Crippen LogP) is 3.41. The number of ether oxygens (including phenoxy) is 1. The Kier molecular flexibility index (Phi) is 3.90. The van der Waals surface area contributed by atoms with Crippen LogP contribution in [0.1, 0.15) is 49.7 Å². The molecule has 1 aromatic carbocycles. The highest BCUT2D eigenvalue weighted by atomic mass is 16.6. The van der Waals surface area contributed by atoms with Crippen molar-refractivity contribution in [2.75, 3.05) is 7.05 Å². The van der Waals surface area contributed by atoms with Gasteiger partial charge < -0.3 is 10.1 Å². The average molecular weight is 247 g/mol. The van der Waals surface area contributed by atoms with Crippen LogP contribution in [0.3, 0.4) is 0 Å². The number of alkyl carbamates (subject to hydrolysis) is 1. The first-order valence-corrected chi connectivity index (χ1v) is 6.58. The number of benzene rings is 1. The van der Waals surface area contributed by atoms with Gasteiger partial charge in [0.15, 0.2) is 0 Å². The Hall–Kier alpha value is -1.51. The van der Waals surface area contributed by atoms with Crippen LogP contribution in [-0.4, -0.2) is 19.2 Å². The van der Waals surface area contributed by atoms with Gasteiger partial charge >= 0.3 is 6.09 Å². The Labute approximate surface area is 109 Å². The van der Waals surface area contributed by atoms with Crippen LogP contribution in [0.2, 0.25) is 0 Å². The first-order chi connectivity index (χ1) is 8.60. The fourth-order valence-corrected chi connectivity index (χ4v) is 2.30. The highest BCUT2D eigenvalue weighted by molar-refractivity contribution is 5.67. The van der Waals surface area contributed by atoms with Crippen molar-refractivity contribution in [1.82, 2.24) is 5.32 Å². The van der Waals surface area contributed by atoms with Crippen LogP contribution < -0.4 is 5.32 Å². The van der Waals surface area contributed by atoms with Crippen LogP contribution in [0, 0.1) is 0 Å². The van der Waals surface area contributed by atoms with Crippen molar-refractivity contribution in [2.24, 2.45) is 0 Å².